The van der Waals surface area contributed by atoms with Gasteiger partial charge in [-0.05, 0) is 24.3 Å². The van der Waals surface area contributed by atoms with Crippen LogP contribution in [0.4, 0.5) is 18.9 Å². The average molecular weight is 286 g/mol. The first-order valence-electron chi connectivity index (χ1n) is 5.86. The van der Waals surface area contributed by atoms with Gasteiger partial charge in [0.2, 0.25) is 5.90 Å². The maximum Gasteiger partial charge on any atom is 0.431 e. The van der Waals surface area contributed by atoms with Gasteiger partial charge in [-0.1, -0.05) is 0 Å². The van der Waals surface area contributed by atoms with Gasteiger partial charge in [0.1, 0.15) is 18.1 Å². The molecule has 2 rings (SSSR count). The van der Waals surface area contributed by atoms with Crippen molar-refractivity contribution in [2.75, 3.05) is 25.6 Å². The van der Waals surface area contributed by atoms with E-state index in [4.69, 9.17) is 9.47 Å². The van der Waals surface area contributed by atoms with Gasteiger partial charge in [-0.3, -0.25) is 0 Å². The molecule has 0 fully saturated rings. The number of hydrogen-bond donors (Lipinski definition) is 1. The van der Waals surface area contributed by atoms with E-state index in [2.05, 4.69) is 10.3 Å². The number of aliphatic imine (C=N–C) groups is 1. The zero-order chi connectivity index (χ0) is 14.6. The van der Waals surface area contributed by atoms with Gasteiger partial charge < -0.3 is 14.8 Å². The zero-order valence-electron chi connectivity index (χ0n) is 10.7. The Morgan fingerprint density at radius 2 is 2.05 bits per heavy atom. The second-order valence-corrected chi connectivity index (χ2v) is 3.98. The highest BCUT2D eigenvalue weighted by Crippen LogP contribution is 2.28. The fraction of sp³-hybridized carbons (Fsp3) is 0.308. The lowest BCUT2D eigenvalue weighted by Crippen LogP contribution is -2.20. The van der Waals surface area contributed by atoms with Crippen LogP contribution in [0.15, 0.2) is 41.0 Å². The Hall–Kier alpha value is -2.18. The number of alkyl halides is 3. The van der Waals surface area contributed by atoms with Crippen LogP contribution in [0.1, 0.15) is 0 Å². The molecule has 1 heterocycles. The molecule has 1 aliphatic rings. The highest BCUT2D eigenvalue weighted by Gasteiger charge is 2.34. The van der Waals surface area contributed by atoms with Gasteiger partial charge in [0.15, 0.2) is 0 Å². The van der Waals surface area contributed by atoms with Crippen LogP contribution in [-0.2, 0) is 4.74 Å². The lowest BCUT2D eigenvalue weighted by molar-refractivity contribution is -0.0902. The van der Waals surface area contributed by atoms with Gasteiger partial charge in [0, 0.05) is 11.8 Å². The van der Waals surface area contributed by atoms with Crippen LogP contribution in [0.5, 0.6) is 5.75 Å². The monoisotopic (exact) mass is 286 g/mol. The van der Waals surface area contributed by atoms with Crippen molar-refractivity contribution in [3.05, 3.63) is 36.0 Å². The molecule has 4 nitrogen and oxygen atoms in total. The minimum atomic E-state index is -4.52. The standard InChI is InChI=1S/C13H13F3N2O2/c1-19-10-4-2-9(3-5-10)18-11(13(14,15)16)8-12-17-6-7-20-12/h2-5,8,18H,6-7H2,1H3/b11-8-. The third kappa shape index (κ3) is 3.66. The van der Waals surface area contributed by atoms with E-state index in [0.717, 1.165) is 6.08 Å². The second kappa shape index (κ2) is 5.85. The normalized spacial score (nSPS) is 15.6. The van der Waals surface area contributed by atoms with Crippen LogP contribution in [0, 0.1) is 0 Å². The first kappa shape index (κ1) is 14.2. The number of ether oxygens (including phenoxy) is 2. The van der Waals surface area contributed by atoms with E-state index in [-0.39, 0.29) is 5.90 Å². The summed E-state index contributed by atoms with van der Waals surface area (Å²) in [7, 11) is 1.49. The molecule has 0 saturated heterocycles. The van der Waals surface area contributed by atoms with Crippen LogP contribution in [0.3, 0.4) is 0 Å². The minimum absolute atomic E-state index is 0.0154. The van der Waals surface area contributed by atoms with Gasteiger partial charge in [-0.2, -0.15) is 13.2 Å². The van der Waals surface area contributed by atoms with Gasteiger partial charge in [-0.25, -0.2) is 4.99 Å². The van der Waals surface area contributed by atoms with Crippen LogP contribution >= 0.6 is 0 Å². The Labute approximate surface area is 113 Å². The van der Waals surface area contributed by atoms with Crippen molar-refractivity contribution >= 4 is 11.6 Å². The van der Waals surface area contributed by atoms with Crippen molar-refractivity contribution in [1.82, 2.24) is 0 Å². The van der Waals surface area contributed by atoms with Crippen LogP contribution < -0.4 is 10.1 Å². The van der Waals surface area contributed by atoms with Crippen LogP contribution in [0.2, 0.25) is 0 Å². The van der Waals surface area contributed by atoms with Gasteiger partial charge >= 0.3 is 6.18 Å². The number of anilines is 1. The van der Waals surface area contributed by atoms with Gasteiger partial charge in [0.25, 0.3) is 0 Å². The number of halogens is 3. The molecule has 7 heteroatoms. The Balaban J connectivity index is 2.19. The summed E-state index contributed by atoms with van der Waals surface area (Å²) >= 11 is 0. The lowest BCUT2D eigenvalue weighted by Gasteiger charge is -2.14. The van der Waals surface area contributed by atoms with Crippen molar-refractivity contribution in [3.63, 3.8) is 0 Å². The van der Waals surface area contributed by atoms with Gasteiger partial charge in [0.05, 0.1) is 13.7 Å². The Morgan fingerprint density at radius 1 is 1.35 bits per heavy atom. The molecule has 0 bridgehead atoms. The van der Waals surface area contributed by atoms with E-state index in [9.17, 15) is 13.2 Å². The van der Waals surface area contributed by atoms with E-state index in [1.807, 2.05) is 0 Å². The molecule has 0 radical (unpaired) electrons. The van der Waals surface area contributed by atoms with Crippen molar-refractivity contribution < 1.29 is 22.6 Å². The summed E-state index contributed by atoms with van der Waals surface area (Å²) in [5.74, 6) is 0.551. The largest absolute Gasteiger partial charge is 0.497 e. The predicted octanol–water partition coefficient (Wildman–Crippen LogP) is 2.98. The number of hydrogen-bond acceptors (Lipinski definition) is 4. The maximum atomic E-state index is 12.9. The molecule has 0 saturated carbocycles. The molecule has 0 amide bonds. The van der Waals surface area contributed by atoms with E-state index in [0.29, 0.717) is 24.6 Å². The summed E-state index contributed by atoms with van der Waals surface area (Å²) < 4.78 is 48.7. The summed E-state index contributed by atoms with van der Waals surface area (Å²) in [5.41, 5.74) is -0.628. The van der Waals surface area contributed by atoms with E-state index in [1.54, 1.807) is 12.1 Å². The molecule has 1 N–H and O–H groups in total. The molecule has 1 aromatic carbocycles. The molecule has 20 heavy (non-hydrogen) atoms. The lowest BCUT2D eigenvalue weighted by atomic mass is 10.2. The SMILES string of the molecule is COc1ccc(N/C(=C\C2=NCCO2)C(F)(F)F)cc1. The predicted molar refractivity (Wildman–Crippen MR) is 69.0 cm³/mol. The van der Waals surface area contributed by atoms with E-state index < -0.39 is 11.9 Å². The Bertz CT molecular complexity index is 521. The number of nitrogens with one attached hydrogen (secondary N) is 1. The molecule has 1 aliphatic heterocycles. The molecule has 0 aromatic heterocycles. The summed E-state index contributed by atoms with van der Waals surface area (Å²) in [5, 5.41) is 2.32. The van der Waals surface area contributed by atoms with Crippen molar-refractivity contribution in [2.45, 2.75) is 6.18 Å². The van der Waals surface area contributed by atoms with Crippen LogP contribution in [0.25, 0.3) is 0 Å². The molecule has 0 aliphatic carbocycles. The van der Waals surface area contributed by atoms with Crippen molar-refractivity contribution in [2.24, 2.45) is 4.99 Å². The first-order valence-corrected chi connectivity index (χ1v) is 5.86. The molecule has 1 aromatic rings. The molecular weight excluding hydrogens is 273 g/mol. The number of methoxy groups -OCH3 is 1. The molecule has 108 valence electrons. The Kier molecular flexibility index (Phi) is 4.16. The van der Waals surface area contributed by atoms with Crippen molar-refractivity contribution in [3.8, 4) is 5.75 Å². The zero-order valence-corrected chi connectivity index (χ0v) is 10.7. The second-order valence-electron chi connectivity index (χ2n) is 3.98. The maximum absolute atomic E-state index is 12.9. The number of nitrogens with zero attached hydrogens (tertiary/aromatic N) is 1. The Morgan fingerprint density at radius 3 is 2.55 bits per heavy atom. The number of benzene rings is 1. The quantitative estimate of drug-likeness (QED) is 0.925. The summed E-state index contributed by atoms with van der Waals surface area (Å²) in [6, 6.07) is 6.13. The highest BCUT2D eigenvalue weighted by molar-refractivity contribution is 5.90. The summed E-state index contributed by atoms with van der Waals surface area (Å²) in [6.45, 7) is 0.680. The van der Waals surface area contributed by atoms with E-state index in [1.165, 1.54) is 19.2 Å². The van der Waals surface area contributed by atoms with Crippen LogP contribution in [-0.4, -0.2) is 32.3 Å². The molecule has 0 unspecified atom stereocenters. The minimum Gasteiger partial charge on any atom is -0.497 e. The van der Waals surface area contributed by atoms with Crippen molar-refractivity contribution in [1.29, 1.82) is 0 Å². The van der Waals surface area contributed by atoms with E-state index >= 15 is 0 Å². The molecular formula is C13H13F3N2O2. The fourth-order valence-corrected chi connectivity index (χ4v) is 1.58. The number of rotatable bonds is 4. The highest BCUT2D eigenvalue weighted by atomic mass is 19.4. The molecule has 0 atom stereocenters. The third-order valence-corrected chi connectivity index (χ3v) is 2.55. The molecule has 0 spiro atoms. The summed E-state index contributed by atoms with van der Waals surface area (Å²) in [4.78, 5) is 3.82. The van der Waals surface area contributed by atoms with Gasteiger partial charge in [-0.15, -0.1) is 0 Å². The fourth-order valence-electron chi connectivity index (χ4n) is 1.58. The smallest absolute Gasteiger partial charge is 0.431 e. The topological polar surface area (TPSA) is 42.8 Å². The third-order valence-electron chi connectivity index (χ3n) is 2.55. The average Bonchev–Trinajstić information content (AvgIpc) is 2.91. The first-order chi connectivity index (χ1) is 9.49. The number of allylic oxidation sites excluding steroid dienone is 1. The summed E-state index contributed by atoms with van der Waals surface area (Å²) in [6.07, 6.45) is -3.66.